The molecule has 0 amide bonds. The van der Waals surface area contributed by atoms with Crippen LogP contribution in [0.2, 0.25) is 0 Å². The second-order valence-corrected chi connectivity index (χ2v) is 5.15. The molecule has 0 aliphatic carbocycles. The molecule has 6 heteroatoms. The number of benzene rings is 1. The van der Waals surface area contributed by atoms with E-state index in [1.54, 1.807) is 6.92 Å². The van der Waals surface area contributed by atoms with Gasteiger partial charge in [-0.15, -0.1) is 0 Å². The lowest BCUT2D eigenvalue weighted by atomic mass is 9.93. The molecule has 0 saturated heterocycles. The molecule has 1 aromatic rings. The fourth-order valence-electron chi connectivity index (χ4n) is 2.50. The van der Waals surface area contributed by atoms with Gasteiger partial charge in [-0.25, -0.2) is 0 Å². The number of fused-ring (bicyclic) bond motifs is 1. The Hall–Kier alpha value is -2.08. The Balaban J connectivity index is 2.05. The minimum atomic E-state index is -0.268. The van der Waals surface area contributed by atoms with Gasteiger partial charge in [0.05, 0.1) is 6.04 Å². The first-order valence-corrected chi connectivity index (χ1v) is 6.66. The Morgan fingerprint density at radius 2 is 2.10 bits per heavy atom. The fourth-order valence-corrected chi connectivity index (χ4v) is 2.77. The summed E-state index contributed by atoms with van der Waals surface area (Å²) < 4.78 is 10.7. The summed E-state index contributed by atoms with van der Waals surface area (Å²) in [4.78, 5) is 11.9. The van der Waals surface area contributed by atoms with E-state index in [1.807, 2.05) is 25.1 Å². The Labute approximate surface area is 121 Å². The fraction of sp³-hybridized carbons (Fsp3) is 0.286. The molecule has 20 heavy (non-hydrogen) atoms. The Morgan fingerprint density at radius 3 is 2.85 bits per heavy atom. The summed E-state index contributed by atoms with van der Waals surface area (Å²) in [6, 6.07) is 5.37. The molecule has 2 aliphatic heterocycles. The largest absolute Gasteiger partial charge is 0.454 e. The van der Waals surface area contributed by atoms with Crippen LogP contribution in [0.5, 0.6) is 11.5 Å². The van der Waals surface area contributed by atoms with E-state index in [-0.39, 0.29) is 18.6 Å². The number of ether oxygens (including phenoxy) is 2. The zero-order valence-electron chi connectivity index (χ0n) is 11.1. The Morgan fingerprint density at radius 1 is 1.35 bits per heavy atom. The van der Waals surface area contributed by atoms with Gasteiger partial charge in [0, 0.05) is 11.3 Å². The zero-order valence-corrected chi connectivity index (χ0v) is 12.0. The van der Waals surface area contributed by atoms with E-state index >= 15 is 0 Å². The van der Waals surface area contributed by atoms with Crippen molar-refractivity contribution >= 4 is 23.1 Å². The van der Waals surface area contributed by atoms with Crippen molar-refractivity contribution < 1.29 is 14.3 Å². The van der Waals surface area contributed by atoms with Crippen LogP contribution in [0.25, 0.3) is 0 Å². The highest BCUT2D eigenvalue weighted by molar-refractivity contribution is 7.80. The first-order chi connectivity index (χ1) is 9.56. The maximum absolute atomic E-state index is 11.9. The number of hydrogen-bond donors (Lipinski definition) is 2. The van der Waals surface area contributed by atoms with Gasteiger partial charge in [0.15, 0.2) is 22.4 Å². The second-order valence-electron chi connectivity index (χ2n) is 4.74. The van der Waals surface area contributed by atoms with E-state index in [0.717, 1.165) is 17.0 Å². The molecular formula is C14H14N2O3S. The van der Waals surface area contributed by atoms with E-state index in [2.05, 4.69) is 10.6 Å². The third kappa shape index (κ3) is 2.12. The third-order valence-corrected chi connectivity index (χ3v) is 3.60. The number of hydrogen-bond acceptors (Lipinski definition) is 4. The standard InChI is InChI=1S/C14H14N2O3S/c1-7-12(8(2)17)13(16-14(20)15-7)9-3-4-10-11(5-9)19-6-18-10/h3-5,13H,6H2,1-2H3,(H2,15,16,20)/t13-/m0/s1. The van der Waals surface area contributed by atoms with Crippen molar-refractivity contribution in [2.24, 2.45) is 0 Å². The van der Waals surface area contributed by atoms with Gasteiger partial charge in [-0.3, -0.25) is 4.79 Å². The van der Waals surface area contributed by atoms with Crippen LogP contribution in [0.3, 0.4) is 0 Å². The maximum Gasteiger partial charge on any atom is 0.231 e. The molecule has 0 spiro atoms. The van der Waals surface area contributed by atoms with E-state index in [0.29, 0.717) is 16.4 Å². The summed E-state index contributed by atoms with van der Waals surface area (Å²) in [5.41, 5.74) is 2.38. The van der Waals surface area contributed by atoms with E-state index in [9.17, 15) is 4.79 Å². The van der Waals surface area contributed by atoms with Crippen LogP contribution in [-0.4, -0.2) is 17.7 Å². The first kappa shape index (κ1) is 12.9. The van der Waals surface area contributed by atoms with Gasteiger partial charge < -0.3 is 20.1 Å². The predicted molar refractivity (Wildman–Crippen MR) is 77.6 cm³/mol. The molecule has 3 rings (SSSR count). The normalized spacial score (nSPS) is 20.5. The average Bonchev–Trinajstić information content (AvgIpc) is 2.84. The SMILES string of the molecule is CC(=O)C1=C(C)NC(=S)N[C@H]1c1ccc2c(c1)OCO2. The molecule has 0 fully saturated rings. The minimum Gasteiger partial charge on any atom is -0.454 e. The average molecular weight is 290 g/mol. The third-order valence-electron chi connectivity index (χ3n) is 3.38. The molecule has 0 bridgehead atoms. The smallest absolute Gasteiger partial charge is 0.231 e. The minimum absolute atomic E-state index is 0.00710. The topological polar surface area (TPSA) is 59.6 Å². The molecule has 5 nitrogen and oxygen atoms in total. The predicted octanol–water partition coefficient (Wildman–Crippen LogP) is 1.80. The van der Waals surface area contributed by atoms with Crippen molar-refractivity contribution in [2.45, 2.75) is 19.9 Å². The monoisotopic (exact) mass is 290 g/mol. The molecule has 1 atom stereocenters. The van der Waals surface area contributed by atoms with Gasteiger partial charge in [0.2, 0.25) is 6.79 Å². The zero-order chi connectivity index (χ0) is 14.3. The van der Waals surface area contributed by atoms with Crippen LogP contribution in [-0.2, 0) is 4.79 Å². The number of thiocarbonyl (C=S) groups is 1. The maximum atomic E-state index is 11.9. The second kappa shape index (κ2) is 4.79. The molecule has 2 N–H and O–H groups in total. The van der Waals surface area contributed by atoms with Gasteiger partial charge in [-0.2, -0.15) is 0 Å². The van der Waals surface area contributed by atoms with Gasteiger partial charge in [0.25, 0.3) is 0 Å². The highest BCUT2D eigenvalue weighted by Crippen LogP contribution is 2.36. The summed E-state index contributed by atoms with van der Waals surface area (Å²) >= 11 is 5.18. The Kier molecular flexibility index (Phi) is 3.10. The van der Waals surface area contributed by atoms with Crippen LogP contribution in [0, 0.1) is 0 Å². The lowest BCUT2D eigenvalue weighted by Crippen LogP contribution is -2.44. The molecule has 0 aromatic heterocycles. The molecule has 0 saturated carbocycles. The molecule has 2 heterocycles. The number of nitrogens with one attached hydrogen (secondary N) is 2. The summed E-state index contributed by atoms with van der Waals surface area (Å²) in [6.07, 6.45) is 0. The van der Waals surface area contributed by atoms with Gasteiger partial charge in [0.1, 0.15) is 0 Å². The van der Waals surface area contributed by atoms with Crippen molar-refractivity contribution in [1.29, 1.82) is 0 Å². The number of carbonyl (C=O) groups excluding carboxylic acids is 1. The van der Waals surface area contributed by atoms with Crippen LogP contribution < -0.4 is 20.1 Å². The number of rotatable bonds is 2. The van der Waals surface area contributed by atoms with Crippen LogP contribution in [0.15, 0.2) is 29.5 Å². The van der Waals surface area contributed by atoms with Crippen molar-refractivity contribution in [3.05, 3.63) is 35.0 Å². The van der Waals surface area contributed by atoms with Crippen LogP contribution >= 0.6 is 12.2 Å². The molecule has 104 valence electrons. The van der Waals surface area contributed by atoms with Crippen molar-refractivity contribution in [3.63, 3.8) is 0 Å². The van der Waals surface area contributed by atoms with E-state index < -0.39 is 0 Å². The number of Topliss-reactive ketones (excluding diaryl/α,β-unsaturated/α-hetero) is 1. The van der Waals surface area contributed by atoms with Gasteiger partial charge in [-0.05, 0) is 43.8 Å². The van der Waals surface area contributed by atoms with Crippen molar-refractivity contribution in [2.75, 3.05) is 6.79 Å². The molecule has 2 aliphatic rings. The van der Waals surface area contributed by atoms with Crippen LogP contribution in [0.1, 0.15) is 25.5 Å². The first-order valence-electron chi connectivity index (χ1n) is 6.25. The molecule has 0 radical (unpaired) electrons. The van der Waals surface area contributed by atoms with Crippen molar-refractivity contribution in [1.82, 2.24) is 10.6 Å². The number of carbonyl (C=O) groups is 1. The molecular weight excluding hydrogens is 276 g/mol. The molecule has 1 aromatic carbocycles. The Bertz CT molecular complexity index is 639. The van der Waals surface area contributed by atoms with Gasteiger partial charge in [-0.1, -0.05) is 6.07 Å². The summed E-state index contributed by atoms with van der Waals surface area (Å²) in [5, 5.41) is 6.63. The number of allylic oxidation sites excluding steroid dienone is 1. The summed E-state index contributed by atoms with van der Waals surface area (Å²) in [7, 11) is 0. The quantitative estimate of drug-likeness (QED) is 0.810. The van der Waals surface area contributed by atoms with Crippen molar-refractivity contribution in [3.8, 4) is 11.5 Å². The highest BCUT2D eigenvalue weighted by Gasteiger charge is 2.28. The number of ketones is 1. The van der Waals surface area contributed by atoms with E-state index in [4.69, 9.17) is 21.7 Å². The van der Waals surface area contributed by atoms with Gasteiger partial charge >= 0.3 is 0 Å². The lowest BCUT2D eigenvalue weighted by Gasteiger charge is -2.29. The molecule has 0 unspecified atom stereocenters. The summed E-state index contributed by atoms with van der Waals surface area (Å²) in [5.74, 6) is 1.41. The highest BCUT2D eigenvalue weighted by atomic mass is 32.1. The van der Waals surface area contributed by atoms with Crippen LogP contribution in [0.4, 0.5) is 0 Å². The van der Waals surface area contributed by atoms with E-state index in [1.165, 1.54) is 0 Å². The lowest BCUT2D eigenvalue weighted by molar-refractivity contribution is -0.114. The summed E-state index contributed by atoms with van der Waals surface area (Å²) in [6.45, 7) is 3.63.